The molecule has 1 aromatic carbocycles. The summed E-state index contributed by atoms with van der Waals surface area (Å²) in [5.74, 6) is 7.85. The summed E-state index contributed by atoms with van der Waals surface area (Å²) in [5.41, 5.74) is 4.64. The molecule has 6 N–H and O–H groups in total. The van der Waals surface area contributed by atoms with E-state index in [0.717, 1.165) is 5.56 Å². The average Bonchev–Trinajstić information content (AvgIpc) is 2.36. The Balaban J connectivity index is 2.82. The van der Waals surface area contributed by atoms with Gasteiger partial charge in [-0.3, -0.25) is 20.4 Å². The lowest BCUT2D eigenvalue weighted by Crippen LogP contribution is -2.46. The van der Waals surface area contributed by atoms with E-state index in [9.17, 15) is 9.59 Å². The Labute approximate surface area is 103 Å². The molecule has 0 spiro atoms. The lowest BCUT2D eigenvalue weighted by Gasteiger charge is -2.13. The number of hydrogen-bond acceptors (Lipinski definition) is 4. The van der Waals surface area contributed by atoms with Crippen LogP contribution in [0.1, 0.15) is 5.56 Å². The number of nitrogens with one attached hydrogen (secondary N) is 2. The summed E-state index contributed by atoms with van der Waals surface area (Å²) in [6.45, 7) is 0. The third kappa shape index (κ3) is 3.70. The molecule has 92 valence electrons. The maximum Gasteiger partial charge on any atom is 0.246 e. The van der Waals surface area contributed by atoms with Gasteiger partial charge in [0.05, 0.1) is 0 Å². The second kappa shape index (κ2) is 6.19. The Morgan fingerprint density at radius 3 is 2.00 bits per heavy atom. The van der Waals surface area contributed by atoms with Gasteiger partial charge in [0.15, 0.2) is 0 Å². The number of carbonyl (C=O) groups is 2. The third-order valence-corrected chi connectivity index (χ3v) is 2.52. The second-order valence-corrected chi connectivity index (χ2v) is 3.84. The van der Waals surface area contributed by atoms with Gasteiger partial charge in [0.25, 0.3) is 0 Å². The Kier molecular flexibility index (Phi) is 4.89. The van der Waals surface area contributed by atoms with Crippen LogP contribution in [0.5, 0.6) is 0 Å². The zero-order chi connectivity index (χ0) is 12.8. The highest BCUT2D eigenvalue weighted by Gasteiger charge is 2.25. The zero-order valence-corrected chi connectivity index (χ0v) is 9.70. The van der Waals surface area contributed by atoms with Gasteiger partial charge in [-0.25, -0.2) is 11.7 Å². The maximum atomic E-state index is 11.4. The van der Waals surface area contributed by atoms with Crippen molar-refractivity contribution >= 4 is 23.4 Å². The van der Waals surface area contributed by atoms with Gasteiger partial charge in [-0.15, -0.1) is 0 Å². The largest absolute Gasteiger partial charge is 0.294 e. The van der Waals surface area contributed by atoms with Crippen LogP contribution in [-0.2, 0) is 16.0 Å². The summed E-state index contributed by atoms with van der Waals surface area (Å²) < 4.78 is 0. The molecule has 0 heterocycles. The van der Waals surface area contributed by atoms with Crippen LogP contribution >= 0.6 is 11.6 Å². The van der Waals surface area contributed by atoms with Gasteiger partial charge >= 0.3 is 0 Å². The molecule has 0 aliphatic rings. The van der Waals surface area contributed by atoms with Gasteiger partial charge < -0.3 is 0 Å². The molecule has 0 radical (unpaired) electrons. The number of hydrazine groups is 2. The molecule has 0 fully saturated rings. The number of halogens is 1. The number of hydrogen-bond donors (Lipinski definition) is 4. The lowest BCUT2D eigenvalue weighted by molar-refractivity contribution is -0.135. The van der Waals surface area contributed by atoms with Crippen LogP contribution in [0.2, 0.25) is 5.02 Å². The monoisotopic (exact) mass is 256 g/mol. The first-order chi connectivity index (χ1) is 8.08. The third-order valence-electron chi connectivity index (χ3n) is 2.27. The average molecular weight is 257 g/mol. The highest BCUT2D eigenvalue weighted by atomic mass is 35.5. The van der Waals surface area contributed by atoms with Gasteiger partial charge in [0.2, 0.25) is 11.8 Å². The van der Waals surface area contributed by atoms with E-state index in [1.165, 1.54) is 0 Å². The molecule has 17 heavy (non-hydrogen) atoms. The number of rotatable bonds is 4. The minimum absolute atomic E-state index is 0.198. The first kappa shape index (κ1) is 13.4. The summed E-state index contributed by atoms with van der Waals surface area (Å²) in [5, 5.41) is 0.580. The molecule has 7 heteroatoms. The molecule has 0 unspecified atom stereocenters. The van der Waals surface area contributed by atoms with Crippen molar-refractivity contribution in [3.8, 4) is 0 Å². The van der Waals surface area contributed by atoms with Crippen molar-refractivity contribution in [3.05, 3.63) is 34.9 Å². The summed E-state index contributed by atoms with van der Waals surface area (Å²) in [4.78, 5) is 22.8. The van der Waals surface area contributed by atoms with E-state index in [2.05, 4.69) is 0 Å². The molecule has 0 saturated heterocycles. The van der Waals surface area contributed by atoms with Crippen molar-refractivity contribution < 1.29 is 9.59 Å². The van der Waals surface area contributed by atoms with Gasteiger partial charge in [0.1, 0.15) is 5.92 Å². The van der Waals surface area contributed by atoms with Crippen molar-refractivity contribution in [2.45, 2.75) is 6.42 Å². The van der Waals surface area contributed by atoms with E-state index < -0.39 is 17.7 Å². The lowest BCUT2D eigenvalue weighted by atomic mass is 9.98. The maximum absolute atomic E-state index is 11.4. The highest BCUT2D eigenvalue weighted by Crippen LogP contribution is 2.13. The summed E-state index contributed by atoms with van der Waals surface area (Å²) in [7, 11) is 0. The molecule has 0 bridgehead atoms. The number of benzene rings is 1. The minimum atomic E-state index is -0.967. The fourth-order valence-electron chi connectivity index (χ4n) is 1.36. The molecular weight excluding hydrogens is 244 g/mol. The van der Waals surface area contributed by atoms with Crippen LogP contribution in [0.4, 0.5) is 0 Å². The van der Waals surface area contributed by atoms with Crippen molar-refractivity contribution in [1.29, 1.82) is 0 Å². The quantitative estimate of drug-likeness (QED) is 0.251. The van der Waals surface area contributed by atoms with Crippen LogP contribution in [0.15, 0.2) is 24.3 Å². The topological polar surface area (TPSA) is 110 Å². The molecule has 6 nitrogen and oxygen atoms in total. The molecule has 0 aliphatic carbocycles. The molecule has 0 saturated carbocycles. The second-order valence-electron chi connectivity index (χ2n) is 3.40. The van der Waals surface area contributed by atoms with Crippen LogP contribution in [0, 0.1) is 5.92 Å². The van der Waals surface area contributed by atoms with Crippen LogP contribution < -0.4 is 22.5 Å². The van der Waals surface area contributed by atoms with E-state index >= 15 is 0 Å². The molecule has 0 aromatic heterocycles. The van der Waals surface area contributed by atoms with E-state index in [1.807, 2.05) is 10.9 Å². The minimum Gasteiger partial charge on any atom is -0.294 e. The standard InChI is InChI=1S/C10H13ClN4O2/c11-7-3-1-6(2-4-7)5-8(9(16)14-12)10(17)15-13/h1-4,8H,5,12-13H2,(H,14,16)(H,15,17). The highest BCUT2D eigenvalue weighted by molar-refractivity contribution is 6.30. The Bertz CT molecular complexity index is 391. The Morgan fingerprint density at radius 1 is 1.12 bits per heavy atom. The fourth-order valence-corrected chi connectivity index (χ4v) is 1.49. The molecule has 1 aromatic rings. The van der Waals surface area contributed by atoms with E-state index in [0.29, 0.717) is 5.02 Å². The smallest absolute Gasteiger partial charge is 0.246 e. The summed E-state index contributed by atoms with van der Waals surface area (Å²) in [6, 6.07) is 6.80. The molecule has 1 rings (SSSR count). The van der Waals surface area contributed by atoms with Crippen LogP contribution in [0.3, 0.4) is 0 Å². The first-order valence-corrected chi connectivity index (χ1v) is 5.21. The van der Waals surface area contributed by atoms with E-state index in [4.69, 9.17) is 23.3 Å². The molecular formula is C10H13ClN4O2. The normalized spacial score (nSPS) is 10.1. The fraction of sp³-hybridized carbons (Fsp3) is 0.200. The van der Waals surface area contributed by atoms with Crippen molar-refractivity contribution in [2.24, 2.45) is 17.6 Å². The number of nitrogens with two attached hydrogens (primary N) is 2. The van der Waals surface area contributed by atoms with Gasteiger partial charge in [-0.2, -0.15) is 0 Å². The number of carbonyl (C=O) groups excluding carboxylic acids is 2. The van der Waals surface area contributed by atoms with E-state index in [-0.39, 0.29) is 6.42 Å². The van der Waals surface area contributed by atoms with Crippen molar-refractivity contribution in [1.82, 2.24) is 10.9 Å². The van der Waals surface area contributed by atoms with Crippen LogP contribution in [-0.4, -0.2) is 11.8 Å². The molecule has 2 amide bonds. The van der Waals surface area contributed by atoms with Crippen molar-refractivity contribution in [3.63, 3.8) is 0 Å². The summed E-state index contributed by atoms with van der Waals surface area (Å²) >= 11 is 5.73. The predicted octanol–water partition coefficient (Wildman–Crippen LogP) is -0.522. The van der Waals surface area contributed by atoms with E-state index in [1.54, 1.807) is 24.3 Å². The van der Waals surface area contributed by atoms with Crippen molar-refractivity contribution in [2.75, 3.05) is 0 Å². The molecule has 0 atom stereocenters. The summed E-state index contributed by atoms with van der Waals surface area (Å²) in [6.07, 6.45) is 0.198. The predicted molar refractivity (Wildman–Crippen MR) is 63.3 cm³/mol. The number of amides is 2. The van der Waals surface area contributed by atoms with Crippen LogP contribution in [0.25, 0.3) is 0 Å². The van der Waals surface area contributed by atoms with Gasteiger partial charge in [-0.1, -0.05) is 23.7 Å². The Morgan fingerprint density at radius 2 is 1.59 bits per heavy atom. The van der Waals surface area contributed by atoms with Gasteiger partial charge in [-0.05, 0) is 24.1 Å². The first-order valence-electron chi connectivity index (χ1n) is 4.84. The molecule has 0 aliphatic heterocycles. The SMILES string of the molecule is NNC(=O)C(Cc1ccc(Cl)cc1)C(=O)NN. The zero-order valence-electron chi connectivity index (χ0n) is 8.94. The van der Waals surface area contributed by atoms with Gasteiger partial charge in [0, 0.05) is 5.02 Å². The Hall–Kier alpha value is -1.63.